The van der Waals surface area contributed by atoms with Crippen molar-refractivity contribution in [1.82, 2.24) is 0 Å². The predicted molar refractivity (Wildman–Crippen MR) is 62.9 cm³/mol. The Morgan fingerprint density at radius 1 is 1.21 bits per heavy atom. The molecule has 0 radical (unpaired) electrons. The Bertz CT molecular complexity index is 284. The van der Waals surface area contributed by atoms with E-state index in [0.717, 1.165) is 30.8 Å². The van der Waals surface area contributed by atoms with Crippen molar-refractivity contribution in [3.8, 4) is 0 Å². The second-order valence-corrected chi connectivity index (χ2v) is 4.17. The zero-order chi connectivity index (χ0) is 10.6. The maximum atomic E-state index is 6.11. The number of unbranched alkanes of at least 4 members (excludes halogenated alkanes) is 1. The van der Waals surface area contributed by atoms with E-state index in [0.29, 0.717) is 0 Å². The van der Waals surface area contributed by atoms with Crippen LogP contribution in [-0.4, -0.2) is 6.54 Å². The predicted octanol–water partition coefficient (Wildman–Crippen LogP) is 3.24. The topological polar surface area (TPSA) is 26.0 Å². The maximum absolute atomic E-state index is 6.11. The lowest BCUT2D eigenvalue weighted by molar-refractivity contribution is 0.744. The van der Waals surface area contributed by atoms with Crippen molar-refractivity contribution >= 4 is 11.6 Å². The largest absolute Gasteiger partial charge is 0.330 e. The maximum Gasteiger partial charge on any atom is 0.0440 e. The van der Waals surface area contributed by atoms with Crippen LogP contribution in [0.5, 0.6) is 0 Å². The summed E-state index contributed by atoms with van der Waals surface area (Å²) in [6.07, 6.45) is 3.32. The van der Waals surface area contributed by atoms with E-state index >= 15 is 0 Å². The monoisotopic (exact) mass is 211 g/mol. The molecule has 1 rings (SSSR count). The van der Waals surface area contributed by atoms with E-state index in [2.05, 4.69) is 26.0 Å². The summed E-state index contributed by atoms with van der Waals surface area (Å²) in [5.74, 6) is 0. The molecule has 0 aliphatic carbocycles. The molecule has 0 saturated heterocycles. The van der Waals surface area contributed by atoms with Gasteiger partial charge in [-0.3, -0.25) is 0 Å². The van der Waals surface area contributed by atoms with Crippen LogP contribution < -0.4 is 5.73 Å². The highest BCUT2D eigenvalue weighted by Crippen LogP contribution is 2.21. The van der Waals surface area contributed by atoms with E-state index in [1.54, 1.807) is 0 Å². The standard InChI is InChI=1S/C12H18ClN/c1-9-7-11(5-3-4-6-14)8-12(13)10(9)2/h7-8H,3-6,14H2,1-2H3. The number of aryl methyl sites for hydroxylation is 2. The number of hydrogen-bond acceptors (Lipinski definition) is 1. The second-order valence-electron chi connectivity index (χ2n) is 3.77. The summed E-state index contributed by atoms with van der Waals surface area (Å²) in [4.78, 5) is 0. The van der Waals surface area contributed by atoms with Gasteiger partial charge in [0.05, 0.1) is 0 Å². The second kappa shape index (κ2) is 5.38. The highest BCUT2D eigenvalue weighted by molar-refractivity contribution is 6.31. The van der Waals surface area contributed by atoms with Crippen molar-refractivity contribution in [2.75, 3.05) is 6.54 Å². The van der Waals surface area contributed by atoms with Gasteiger partial charge in [-0.25, -0.2) is 0 Å². The van der Waals surface area contributed by atoms with Crippen LogP contribution in [0.25, 0.3) is 0 Å². The molecule has 0 unspecified atom stereocenters. The van der Waals surface area contributed by atoms with Gasteiger partial charge in [-0.15, -0.1) is 0 Å². The molecular weight excluding hydrogens is 194 g/mol. The first-order chi connectivity index (χ1) is 6.65. The molecule has 2 N–H and O–H groups in total. The van der Waals surface area contributed by atoms with Gasteiger partial charge < -0.3 is 5.73 Å². The summed E-state index contributed by atoms with van der Waals surface area (Å²) in [6, 6.07) is 4.29. The fourth-order valence-corrected chi connectivity index (χ4v) is 1.79. The Morgan fingerprint density at radius 2 is 1.93 bits per heavy atom. The van der Waals surface area contributed by atoms with Gasteiger partial charge in [-0.1, -0.05) is 17.7 Å². The summed E-state index contributed by atoms with van der Waals surface area (Å²) in [5.41, 5.74) is 9.24. The summed E-state index contributed by atoms with van der Waals surface area (Å²) in [6.45, 7) is 4.94. The fourth-order valence-electron chi connectivity index (χ4n) is 1.51. The Kier molecular flexibility index (Phi) is 4.43. The van der Waals surface area contributed by atoms with Crippen molar-refractivity contribution in [2.45, 2.75) is 33.1 Å². The first-order valence-electron chi connectivity index (χ1n) is 5.11. The molecule has 1 aromatic rings. The molecule has 0 atom stereocenters. The van der Waals surface area contributed by atoms with Crippen LogP contribution in [0.1, 0.15) is 29.5 Å². The minimum atomic E-state index is 0.776. The van der Waals surface area contributed by atoms with Crippen LogP contribution in [0, 0.1) is 13.8 Å². The number of halogens is 1. The summed E-state index contributed by atoms with van der Waals surface area (Å²) in [7, 11) is 0. The van der Waals surface area contributed by atoms with Gasteiger partial charge in [0.1, 0.15) is 0 Å². The first kappa shape index (κ1) is 11.5. The number of rotatable bonds is 4. The van der Waals surface area contributed by atoms with Crippen LogP contribution >= 0.6 is 11.6 Å². The highest BCUT2D eigenvalue weighted by Gasteiger charge is 2.01. The summed E-state index contributed by atoms with van der Waals surface area (Å²) < 4.78 is 0. The molecule has 0 aromatic heterocycles. The number of nitrogens with two attached hydrogens (primary N) is 1. The molecule has 1 aromatic carbocycles. The van der Waals surface area contributed by atoms with Crippen LogP contribution in [-0.2, 0) is 6.42 Å². The zero-order valence-corrected chi connectivity index (χ0v) is 9.69. The molecule has 14 heavy (non-hydrogen) atoms. The third kappa shape index (κ3) is 3.00. The lowest BCUT2D eigenvalue weighted by Gasteiger charge is -2.07. The lowest BCUT2D eigenvalue weighted by atomic mass is 10.0. The van der Waals surface area contributed by atoms with E-state index in [4.69, 9.17) is 17.3 Å². The van der Waals surface area contributed by atoms with Crippen molar-refractivity contribution in [1.29, 1.82) is 0 Å². The average molecular weight is 212 g/mol. The smallest absolute Gasteiger partial charge is 0.0440 e. The van der Waals surface area contributed by atoms with Crippen molar-refractivity contribution in [3.05, 3.63) is 33.8 Å². The van der Waals surface area contributed by atoms with Gasteiger partial charge in [0.2, 0.25) is 0 Å². The van der Waals surface area contributed by atoms with Crippen LogP contribution in [0.2, 0.25) is 5.02 Å². The van der Waals surface area contributed by atoms with E-state index in [1.165, 1.54) is 16.7 Å². The Hall–Kier alpha value is -0.530. The van der Waals surface area contributed by atoms with Crippen LogP contribution in [0.3, 0.4) is 0 Å². The minimum absolute atomic E-state index is 0.776. The van der Waals surface area contributed by atoms with Gasteiger partial charge in [0.25, 0.3) is 0 Å². The molecule has 0 bridgehead atoms. The van der Waals surface area contributed by atoms with Crippen molar-refractivity contribution in [2.24, 2.45) is 5.73 Å². The quantitative estimate of drug-likeness (QED) is 0.761. The SMILES string of the molecule is Cc1cc(CCCCN)cc(Cl)c1C. The van der Waals surface area contributed by atoms with Gasteiger partial charge in [0.15, 0.2) is 0 Å². The van der Waals surface area contributed by atoms with Gasteiger partial charge in [-0.2, -0.15) is 0 Å². The molecule has 0 saturated carbocycles. The molecule has 78 valence electrons. The zero-order valence-electron chi connectivity index (χ0n) is 8.94. The summed E-state index contributed by atoms with van der Waals surface area (Å²) >= 11 is 6.11. The Balaban J connectivity index is 2.69. The molecule has 0 fully saturated rings. The molecule has 0 aliphatic heterocycles. The lowest BCUT2D eigenvalue weighted by Crippen LogP contribution is -1.99. The molecule has 0 heterocycles. The van der Waals surface area contributed by atoms with E-state index in [-0.39, 0.29) is 0 Å². The highest BCUT2D eigenvalue weighted by atomic mass is 35.5. The van der Waals surface area contributed by atoms with E-state index in [9.17, 15) is 0 Å². The van der Waals surface area contributed by atoms with Gasteiger partial charge >= 0.3 is 0 Å². The fraction of sp³-hybridized carbons (Fsp3) is 0.500. The van der Waals surface area contributed by atoms with E-state index in [1.807, 2.05) is 0 Å². The molecule has 0 aliphatic rings. The normalized spacial score (nSPS) is 10.6. The van der Waals surface area contributed by atoms with Crippen LogP contribution in [0.15, 0.2) is 12.1 Å². The Labute approximate surface area is 91.3 Å². The van der Waals surface area contributed by atoms with E-state index < -0.39 is 0 Å². The van der Waals surface area contributed by atoms with Crippen molar-refractivity contribution in [3.63, 3.8) is 0 Å². The number of hydrogen-bond donors (Lipinski definition) is 1. The molecule has 0 amide bonds. The third-order valence-corrected chi connectivity index (χ3v) is 2.98. The minimum Gasteiger partial charge on any atom is -0.330 e. The molecule has 1 nitrogen and oxygen atoms in total. The van der Waals surface area contributed by atoms with Gasteiger partial charge in [0, 0.05) is 5.02 Å². The molecular formula is C12H18ClN. The summed E-state index contributed by atoms with van der Waals surface area (Å²) in [5, 5.41) is 0.882. The van der Waals surface area contributed by atoms with Crippen LogP contribution in [0.4, 0.5) is 0 Å². The Morgan fingerprint density at radius 3 is 2.50 bits per heavy atom. The molecule has 2 heteroatoms. The molecule has 0 spiro atoms. The number of benzene rings is 1. The average Bonchev–Trinajstić information content (AvgIpc) is 2.14. The van der Waals surface area contributed by atoms with Crippen molar-refractivity contribution < 1.29 is 0 Å². The van der Waals surface area contributed by atoms with Gasteiger partial charge in [-0.05, 0) is 62.4 Å². The third-order valence-electron chi connectivity index (χ3n) is 2.58. The first-order valence-corrected chi connectivity index (χ1v) is 5.48.